The average molecular weight is 700 g/mol. The lowest BCUT2D eigenvalue weighted by molar-refractivity contribution is -0.120. The Kier molecular flexibility index (Phi) is 9.77. The largest absolute Gasteiger partial charge is 0.481 e. The van der Waals surface area contributed by atoms with Crippen LogP contribution in [-0.4, -0.2) is 63.4 Å². The summed E-state index contributed by atoms with van der Waals surface area (Å²) in [4.78, 5) is 37.0. The van der Waals surface area contributed by atoms with Crippen LogP contribution in [0, 0.1) is 0 Å². The predicted octanol–water partition coefficient (Wildman–Crippen LogP) is 5.18. The molecule has 5 heterocycles. The number of methoxy groups -OCH3 is 1. The van der Waals surface area contributed by atoms with E-state index in [2.05, 4.69) is 31.2 Å². The normalized spacial score (nSPS) is 17.4. The third kappa shape index (κ3) is 7.11. The van der Waals surface area contributed by atoms with Crippen molar-refractivity contribution in [1.29, 1.82) is 0 Å². The first-order valence-corrected chi connectivity index (χ1v) is 17.1. The third-order valence-corrected chi connectivity index (χ3v) is 9.83. The van der Waals surface area contributed by atoms with Crippen molar-refractivity contribution in [3.05, 3.63) is 88.4 Å². The summed E-state index contributed by atoms with van der Waals surface area (Å²) < 4.78 is 7.65. The van der Waals surface area contributed by atoms with Crippen molar-refractivity contribution in [2.75, 3.05) is 20.2 Å². The van der Waals surface area contributed by atoms with Crippen molar-refractivity contribution in [3.8, 4) is 39.5 Å². The summed E-state index contributed by atoms with van der Waals surface area (Å²) in [6.45, 7) is 2.51. The van der Waals surface area contributed by atoms with Gasteiger partial charge in [-0.15, -0.1) is 0 Å². The van der Waals surface area contributed by atoms with Crippen LogP contribution >= 0.6 is 23.2 Å². The second-order valence-corrected chi connectivity index (χ2v) is 13.1. The fraction of sp³-hybridized carbons (Fsp3) is 0.306. The summed E-state index contributed by atoms with van der Waals surface area (Å²) in [5, 5.41) is 13.8. The van der Waals surface area contributed by atoms with Gasteiger partial charge in [0.15, 0.2) is 5.65 Å². The fourth-order valence-electron chi connectivity index (χ4n) is 6.43. The van der Waals surface area contributed by atoms with Gasteiger partial charge >= 0.3 is 0 Å². The molecule has 0 bridgehead atoms. The van der Waals surface area contributed by atoms with Gasteiger partial charge in [-0.25, -0.2) is 9.97 Å². The zero-order valence-electron chi connectivity index (χ0n) is 26.9. The van der Waals surface area contributed by atoms with Crippen molar-refractivity contribution >= 4 is 40.7 Å². The van der Waals surface area contributed by atoms with Gasteiger partial charge in [0.25, 0.3) is 0 Å². The SMILES string of the molecule is COc1nc(-c2cccc(-c3cccc(-c4cn5c(CNC[C@@H]6CCC(=O)N6)cnc5cn4)c3Cl)c2Cl)ccc1CNC[C@H]1CCC(=O)N1. The van der Waals surface area contributed by atoms with Crippen molar-refractivity contribution in [2.45, 2.75) is 50.9 Å². The smallest absolute Gasteiger partial charge is 0.220 e. The van der Waals surface area contributed by atoms with Crippen LogP contribution in [-0.2, 0) is 22.7 Å². The van der Waals surface area contributed by atoms with Gasteiger partial charge in [0.1, 0.15) is 0 Å². The predicted molar refractivity (Wildman–Crippen MR) is 189 cm³/mol. The quantitative estimate of drug-likeness (QED) is 0.140. The van der Waals surface area contributed by atoms with E-state index < -0.39 is 0 Å². The van der Waals surface area contributed by atoms with Gasteiger partial charge in [-0.3, -0.25) is 19.0 Å². The lowest BCUT2D eigenvalue weighted by atomic mass is 9.98. The molecule has 0 aliphatic carbocycles. The van der Waals surface area contributed by atoms with Gasteiger partial charge in [0.05, 0.1) is 46.6 Å². The highest BCUT2D eigenvalue weighted by Crippen LogP contribution is 2.42. The standard InChI is InChI=1S/C36H36Cl2N8O3/c1-49-36-21(14-39-15-22-9-12-32(47)43-22)8-11-29(45-36)27-6-2-4-25(34(27)37)26-5-3-7-28(35(26)38)30-20-46-24(18-42-31(46)19-41-30)17-40-16-23-10-13-33(48)44-23/h2-8,11,18-20,22-23,39-40H,9-10,12-17H2,1H3,(H,43,47)(H,44,48)/t22-,23+/m1/s1. The number of hydrogen-bond acceptors (Lipinski definition) is 8. The number of imidazole rings is 1. The van der Waals surface area contributed by atoms with E-state index in [0.29, 0.717) is 66.3 Å². The van der Waals surface area contributed by atoms with Crippen LogP contribution in [0.2, 0.25) is 10.0 Å². The number of halogens is 2. The van der Waals surface area contributed by atoms with Crippen LogP contribution < -0.4 is 26.0 Å². The summed E-state index contributed by atoms with van der Waals surface area (Å²) in [5.41, 5.74) is 7.02. The molecule has 5 aromatic rings. The van der Waals surface area contributed by atoms with Gasteiger partial charge < -0.3 is 26.0 Å². The maximum Gasteiger partial charge on any atom is 0.220 e. The number of carbonyl (C=O) groups excluding carboxylic acids is 2. The van der Waals surface area contributed by atoms with Crippen LogP contribution in [0.5, 0.6) is 5.88 Å². The number of nitrogens with one attached hydrogen (secondary N) is 4. The highest BCUT2D eigenvalue weighted by Gasteiger charge is 2.22. The summed E-state index contributed by atoms with van der Waals surface area (Å²) in [7, 11) is 1.60. The van der Waals surface area contributed by atoms with E-state index in [0.717, 1.165) is 52.0 Å². The number of amides is 2. The van der Waals surface area contributed by atoms with Gasteiger partial charge in [0, 0.05) is 85.1 Å². The molecule has 0 unspecified atom stereocenters. The highest BCUT2D eigenvalue weighted by molar-refractivity contribution is 6.39. The molecule has 7 rings (SSSR count). The molecule has 3 aromatic heterocycles. The fourth-order valence-corrected chi connectivity index (χ4v) is 7.08. The molecule has 2 amide bonds. The Morgan fingerprint density at radius 1 is 0.796 bits per heavy atom. The number of ether oxygens (including phenoxy) is 1. The van der Waals surface area contributed by atoms with Gasteiger partial charge in [-0.2, -0.15) is 0 Å². The molecule has 49 heavy (non-hydrogen) atoms. The van der Waals surface area contributed by atoms with E-state index in [1.165, 1.54) is 0 Å². The van der Waals surface area contributed by atoms with Crippen LogP contribution in [0.15, 0.2) is 67.1 Å². The number of benzene rings is 2. The van der Waals surface area contributed by atoms with Crippen LogP contribution in [0.4, 0.5) is 0 Å². The van der Waals surface area contributed by atoms with E-state index >= 15 is 0 Å². The van der Waals surface area contributed by atoms with Crippen LogP contribution in [0.25, 0.3) is 39.3 Å². The number of pyridine rings is 1. The average Bonchev–Trinajstić information content (AvgIpc) is 3.84. The molecule has 4 N–H and O–H groups in total. The summed E-state index contributed by atoms with van der Waals surface area (Å²) >= 11 is 14.2. The molecule has 0 spiro atoms. The number of fused-ring (bicyclic) bond motifs is 1. The molecule has 252 valence electrons. The third-order valence-electron chi connectivity index (χ3n) is 9.02. The molecule has 2 aliphatic rings. The number of rotatable bonds is 12. The van der Waals surface area contributed by atoms with Crippen LogP contribution in [0.3, 0.4) is 0 Å². The Morgan fingerprint density at radius 2 is 1.41 bits per heavy atom. The molecule has 2 aliphatic heterocycles. The monoisotopic (exact) mass is 698 g/mol. The Hall–Kier alpha value is -4.55. The first kappa shape index (κ1) is 33.0. The number of hydrogen-bond donors (Lipinski definition) is 4. The minimum atomic E-state index is 0.0989. The highest BCUT2D eigenvalue weighted by atomic mass is 35.5. The van der Waals surface area contributed by atoms with Crippen molar-refractivity contribution in [1.82, 2.24) is 40.6 Å². The minimum absolute atomic E-state index is 0.0989. The van der Waals surface area contributed by atoms with E-state index in [4.69, 9.17) is 32.9 Å². The summed E-state index contributed by atoms with van der Waals surface area (Å²) in [6, 6.07) is 15.8. The molecular formula is C36H36Cl2N8O3. The number of carbonyl (C=O) groups is 2. The molecule has 0 saturated carbocycles. The van der Waals surface area contributed by atoms with Gasteiger partial charge in [0.2, 0.25) is 17.7 Å². The maximum atomic E-state index is 11.5. The van der Waals surface area contributed by atoms with E-state index in [9.17, 15) is 9.59 Å². The first-order valence-electron chi connectivity index (χ1n) is 16.3. The zero-order chi connectivity index (χ0) is 33.9. The molecule has 2 saturated heterocycles. The first-order chi connectivity index (χ1) is 23.9. The van der Waals surface area contributed by atoms with Gasteiger partial charge in [-0.05, 0) is 18.9 Å². The van der Waals surface area contributed by atoms with Crippen molar-refractivity contribution in [2.24, 2.45) is 0 Å². The second-order valence-electron chi connectivity index (χ2n) is 12.3. The Bertz CT molecular complexity index is 2030. The Morgan fingerprint density at radius 3 is 2.02 bits per heavy atom. The topological polar surface area (TPSA) is 135 Å². The maximum absolute atomic E-state index is 11.5. The minimum Gasteiger partial charge on any atom is -0.481 e. The zero-order valence-corrected chi connectivity index (χ0v) is 28.4. The van der Waals surface area contributed by atoms with E-state index in [1.807, 2.05) is 65.3 Å². The molecule has 13 heteroatoms. The lowest BCUT2D eigenvalue weighted by Crippen LogP contribution is -2.35. The van der Waals surface area contributed by atoms with Crippen molar-refractivity contribution in [3.63, 3.8) is 0 Å². The molecular weight excluding hydrogens is 663 g/mol. The molecule has 11 nitrogen and oxygen atoms in total. The van der Waals surface area contributed by atoms with Crippen molar-refractivity contribution < 1.29 is 14.3 Å². The second kappa shape index (κ2) is 14.5. The molecule has 2 fully saturated rings. The summed E-state index contributed by atoms with van der Waals surface area (Å²) in [6.07, 6.45) is 8.33. The van der Waals surface area contributed by atoms with E-state index in [-0.39, 0.29) is 23.9 Å². The van der Waals surface area contributed by atoms with Crippen LogP contribution in [0.1, 0.15) is 36.9 Å². The summed E-state index contributed by atoms with van der Waals surface area (Å²) in [5.74, 6) is 0.706. The molecule has 2 atom stereocenters. The van der Waals surface area contributed by atoms with E-state index in [1.54, 1.807) is 13.3 Å². The Labute approximate surface area is 293 Å². The molecule has 0 radical (unpaired) electrons. The van der Waals surface area contributed by atoms with Gasteiger partial charge in [-0.1, -0.05) is 65.7 Å². The number of nitrogens with zero attached hydrogens (tertiary/aromatic N) is 4. The lowest BCUT2D eigenvalue weighted by Gasteiger charge is -2.15. The molecule has 2 aromatic carbocycles. The Balaban J connectivity index is 1.11. The number of aromatic nitrogens is 4.